The first kappa shape index (κ1) is 13.9. The van der Waals surface area contributed by atoms with Gasteiger partial charge in [-0.15, -0.1) is 0 Å². The molecule has 0 fully saturated rings. The molecule has 3 nitrogen and oxygen atoms in total. The van der Waals surface area contributed by atoms with E-state index in [0.29, 0.717) is 13.2 Å². The van der Waals surface area contributed by atoms with Crippen molar-refractivity contribution >= 4 is 5.71 Å². The minimum absolute atomic E-state index is 0.0340. The van der Waals surface area contributed by atoms with Gasteiger partial charge in [-0.25, -0.2) is 0 Å². The van der Waals surface area contributed by atoms with Crippen molar-refractivity contribution in [1.82, 2.24) is 0 Å². The van der Waals surface area contributed by atoms with Crippen LogP contribution >= 0.6 is 0 Å². The Bertz CT molecular complexity index is 504. The Morgan fingerprint density at radius 3 is 2.26 bits per heavy atom. The maximum atomic E-state index is 5.69. The summed E-state index contributed by atoms with van der Waals surface area (Å²) < 4.78 is 11.4. The van der Waals surface area contributed by atoms with E-state index >= 15 is 0 Å². The van der Waals surface area contributed by atoms with Gasteiger partial charge in [0, 0.05) is 11.3 Å². The van der Waals surface area contributed by atoms with Gasteiger partial charge in [0.15, 0.2) is 11.5 Å². The van der Waals surface area contributed by atoms with E-state index in [-0.39, 0.29) is 5.54 Å². The Morgan fingerprint density at radius 1 is 1.11 bits per heavy atom. The molecule has 1 aromatic rings. The number of hydrogen-bond donors (Lipinski definition) is 0. The maximum Gasteiger partial charge on any atom is 0.161 e. The highest BCUT2D eigenvalue weighted by molar-refractivity contribution is 6.01. The molecule has 0 aromatic heterocycles. The molecule has 0 saturated carbocycles. The summed E-state index contributed by atoms with van der Waals surface area (Å²) in [6, 6.07) is 4.18. The fourth-order valence-corrected chi connectivity index (χ4v) is 2.64. The highest BCUT2D eigenvalue weighted by atomic mass is 16.5. The van der Waals surface area contributed by atoms with Gasteiger partial charge in [-0.2, -0.15) is 0 Å². The van der Waals surface area contributed by atoms with E-state index in [1.807, 2.05) is 13.8 Å². The maximum absolute atomic E-state index is 5.69. The van der Waals surface area contributed by atoms with Crippen molar-refractivity contribution in [3.63, 3.8) is 0 Å². The van der Waals surface area contributed by atoms with Gasteiger partial charge in [-0.3, -0.25) is 4.99 Å². The second kappa shape index (κ2) is 5.24. The summed E-state index contributed by atoms with van der Waals surface area (Å²) >= 11 is 0. The highest BCUT2D eigenvalue weighted by Gasteiger charge is 2.26. The van der Waals surface area contributed by atoms with Crippen molar-refractivity contribution in [2.75, 3.05) is 13.2 Å². The predicted octanol–water partition coefficient (Wildman–Crippen LogP) is 3.63. The first-order chi connectivity index (χ1) is 8.96. The molecular formula is C16H23NO2. The molecule has 0 atom stereocenters. The number of nitrogens with zero attached hydrogens (tertiary/aromatic N) is 1. The number of ether oxygens (including phenoxy) is 2. The van der Waals surface area contributed by atoms with Crippen molar-refractivity contribution in [2.45, 2.75) is 46.6 Å². The SMILES string of the molecule is CCOc1cc2c(cc1OCC)C(C)=NC(C)(C)C2. The van der Waals surface area contributed by atoms with Crippen LogP contribution in [0.2, 0.25) is 0 Å². The fourth-order valence-electron chi connectivity index (χ4n) is 2.64. The molecule has 0 unspecified atom stereocenters. The van der Waals surface area contributed by atoms with E-state index in [0.717, 1.165) is 23.6 Å². The molecule has 0 spiro atoms. The third-order valence-corrected chi connectivity index (χ3v) is 3.25. The highest BCUT2D eigenvalue weighted by Crippen LogP contribution is 2.36. The lowest BCUT2D eigenvalue weighted by Crippen LogP contribution is -2.28. The van der Waals surface area contributed by atoms with Gasteiger partial charge in [0.25, 0.3) is 0 Å². The standard InChI is InChI=1S/C16H23NO2/c1-6-18-14-8-12-10-16(4,5)17-11(3)13(12)9-15(14)19-7-2/h8-9H,6-7,10H2,1-5H3. The molecule has 0 N–H and O–H groups in total. The Hall–Kier alpha value is -1.51. The van der Waals surface area contributed by atoms with Crippen LogP contribution in [0.1, 0.15) is 45.7 Å². The van der Waals surface area contributed by atoms with Crippen LogP contribution in [0.3, 0.4) is 0 Å². The summed E-state index contributed by atoms with van der Waals surface area (Å²) in [6.45, 7) is 11.7. The van der Waals surface area contributed by atoms with Crippen LogP contribution in [0, 0.1) is 0 Å². The molecule has 2 rings (SSSR count). The topological polar surface area (TPSA) is 30.8 Å². The lowest BCUT2D eigenvalue weighted by Gasteiger charge is -2.29. The van der Waals surface area contributed by atoms with Crippen molar-refractivity contribution in [2.24, 2.45) is 4.99 Å². The minimum atomic E-state index is -0.0340. The Labute approximate surface area is 115 Å². The van der Waals surface area contributed by atoms with Crippen LogP contribution in [-0.2, 0) is 6.42 Å². The van der Waals surface area contributed by atoms with Crippen LogP contribution in [0.25, 0.3) is 0 Å². The lowest BCUT2D eigenvalue weighted by atomic mass is 9.87. The van der Waals surface area contributed by atoms with Gasteiger partial charge in [0.05, 0.1) is 18.8 Å². The zero-order chi connectivity index (χ0) is 14.0. The van der Waals surface area contributed by atoms with Crippen molar-refractivity contribution < 1.29 is 9.47 Å². The minimum Gasteiger partial charge on any atom is -0.490 e. The second-order valence-corrected chi connectivity index (χ2v) is 5.51. The number of fused-ring (bicyclic) bond motifs is 1. The summed E-state index contributed by atoms with van der Waals surface area (Å²) in [5.41, 5.74) is 3.53. The molecule has 0 saturated heterocycles. The molecule has 104 valence electrons. The lowest BCUT2D eigenvalue weighted by molar-refractivity contribution is 0.287. The quantitative estimate of drug-likeness (QED) is 0.828. The van der Waals surface area contributed by atoms with Gasteiger partial charge >= 0.3 is 0 Å². The molecule has 1 aliphatic heterocycles. The first-order valence-corrected chi connectivity index (χ1v) is 6.96. The van der Waals surface area contributed by atoms with E-state index in [1.165, 1.54) is 11.1 Å². The third-order valence-electron chi connectivity index (χ3n) is 3.25. The fraction of sp³-hybridized carbons (Fsp3) is 0.562. The molecule has 0 aliphatic carbocycles. The largest absolute Gasteiger partial charge is 0.490 e. The van der Waals surface area contributed by atoms with Gasteiger partial charge in [-0.05, 0) is 58.7 Å². The molecule has 19 heavy (non-hydrogen) atoms. The molecule has 1 aliphatic rings. The first-order valence-electron chi connectivity index (χ1n) is 6.96. The van der Waals surface area contributed by atoms with E-state index in [4.69, 9.17) is 14.5 Å². The Morgan fingerprint density at radius 2 is 1.68 bits per heavy atom. The number of aliphatic imine (C=N–C) groups is 1. The number of hydrogen-bond acceptors (Lipinski definition) is 3. The average molecular weight is 261 g/mol. The van der Waals surface area contributed by atoms with Gasteiger partial charge in [-0.1, -0.05) is 0 Å². The second-order valence-electron chi connectivity index (χ2n) is 5.51. The van der Waals surface area contributed by atoms with E-state index in [1.54, 1.807) is 0 Å². The number of benzene rings is 1. The van der Waals surface area contributed by atoms with Crippen LogP contribution < -0.4 is 9.47 Å². The molecule has 1 aromatic carbocycles. The van der Waals surface area contributed by atoms with Gasteiger partial charge in [0.1, 0.15) is 0 Å². The summed E-state index contributed by atoms with van der Waals surface area (Å²) in [4.78, 5) is 4.75. The van der Waals surface area contributed by atoms with E-state index in [9.17, 15) is 0 Å². The number of rotatable bonds is 4. The zero-order valence-corrected chi connectivity index (χ0v) is 12.5. The summed E-state index contributed by atoms with van der Waals surface area (Å²) in [5.74, 6) is 1.66. The van der Waals surface area contributed by atoms with Gasteiger partial charge < -0.3 is 9.47 Å². The van der Waals surface area contributed by atoms with Crippen LogP contribution in [0.5, 0.6) is 11.5 Å². The van der Waals surface area contributed by atoms with E-state index in [2.05, 4.69) is 32.9 Å². The molecule has 0 bridgehead atoms. The summed E-state index contributed by atoms with van der Waals surface area (Å²) in [6.07, 6.45) is 0.937. The summed E-state index contributed by atoms with van der Waals surface area (Å²) in [5, 5.41) is 0. The van der Waals surface area contributed by atoms with E-state index < -0.39 is 0 Å². The summed E-state index contributed by atoms with van der Waals surface area (Å²) in [7, 11) is 0. The smallest absolute Gasteiger partial charge is 0.161 e. The molecule has 0 amide bonds. The van der Waals surface area contributed by atoms with Crippen LogP contribution in [0.4, 0.5) is 0 Å². The van der Waals surface area contributed by atoms with Crippen molar-refractivity contribution in [3.05, 3.63) is 23.3 Å². The van der Waals surface area contributed by atoms with Crippen molar-refractivity contribution in [1.29, 1.82) is 0 Å². The molecule has 0 radical (unpaired) electrons. The molecule has 1 heterocycles. The normalized spacial score (nSPS) is 16.6. The Balaban J connectivity index is 2.49. The Kier molecular flexibility index (Phi) is 3.83. The monoisotopic (exact) mass is 261 g/mol. The van der Waals surface area contributed by atoms with Gasteiger partial charge in [0.2, 0.25) is 0 Å². The predicted molar refractivity (Wildman–Crippen MR) is 78.8 cm³/mol. The molecule has 3 heteroatoms. The van der Waals surface area contributed by atoms with Crippen LogP contribution in [0.15, 0.2) is 17.1 Å². The zero-order valence-electron chi connectivity index (χ0n) is 12.5. The van der Waals surface area contributed by atoms with Crippen LogP contribution in [-0.4, -0.2) is 24.5 Å². The van der Waals surface area contributed by atoms with Crippen molar-refractivity contribution in [3.8, 4) is 11.5 Å². The molecular weight excluding hydrogens is 238 g/mol. The average Bonchev–Trinajstić information content (AvgIpc) is 2.30. The third kappa shape index (κ3) is 2.91.